The van der Waals surface area contributed by atoms with Crippen LogP contribution in [0, 0.1) is 12.3 Å². The Balaban J connectivity index is 2.10. The highest BCUT2D eigenvalue weighted by molar-refractivity contribution is 9.10. The predicted octanol–water partition coefficient (Wildman–Crippen LogP) is 1.79. The number of likely N-dealkylation sites (tertiary alicyclic amines) is 1. The van der Waals surface area contributed by atoms with Crippen molar-refractivity contribution in [2.24, 2.45) is 12.5 Å². The number of carboxylic acids is 1. The van der Waals surface area contributed by atoms with Crippen LogP contribution < -0.4 is 0 Å². The topological polar surface area (TPSA) is 58.4 Å². The summed E-state index contributed by atoms with van der Waals surface area (Å²) in [6.45, 7) is 5.93. The molecule has 1 aromatic heterocycles. The summed E-state index contributed by atoms with van der Waals surface area (Å²) in [5, 5.41) is 13.6. The average Bonchev–Trinajstić information content (AvgIpc) is 2.77. The van der Waals surface area contributed by atoms with Crippen molar-refractivity contribution in [1.29, 1.82) is 0 Å². The highest BCUT2D eigenvalue weighted by Gasteiger charge is 2.40. The van der Waals surface area contributed by atoms with Crippen molar-refractivity contribution in [3.8, 4) is 0 Å². The molecule has 1 unspecified atom stereocenters. The second kappa shape index (κ2) is 4.66. The summed E-state index contributed by atoms with van der Waals surface area (Å²) in [5.41, 5.74) is 1.45. The lowest BCUT2D eigenvalue weighted by Crippen LogP contribution is -2.31. The lowest BCUT2D eigenvalue weighted by atomic mass is 9.90. The van der Waals surface area contributed by atoms with E-state index in [1.165, 1.54) is 0 Å². The van der Waals surface area contributed by atoms with E-state index in [1.807, 2.05) is 25.6 Å². The molecule has 1 aliphatic rings. The molecular formula is C12H18BrN3O2. The fourth-order valence-corrected chi connectivity index (χ4v) is 2.89. The van der Waals surface area contributed by atoms with Crippen molar-refractivity contribution in [2.75, 3.05) is 13.1 Å². The minimum absolute atomic E-state index is 0.596. The van der Waals surface area contributed by atoms with E-state index in [-0.39, 0.29) is 0 Å². The first-order valence-corrected chi connectivity index (χ1v) is 6.76. The van der Waals surface area contributed by atoms with Gasteiger partial charge in [0.05, 0.1) is 21.3 Å². The standard InChI is InChI=1S/C12H18BrN3O2/c1-8-10(13)9(15(3)14-8)6-16-5-4-12(2,7-16)11(17)18/h4-7H2,1-3H3,(H,17,18). The van der Waals surface area contributed by atoms with Gasteiger partial charge in [-0.3, -0.25) is 14.4 Å². The molecule has 18 heavy (non-hydrogen) atoms. The monoisotopic (exact) mass is 315 g/mol. The zero-order chi connectivity index (χ0) is 13.5. The van der Waals surface area contributed by atoms with Crippen molar-refractivity contribution in [3.05, 3.63) is 15.9 Å². The van der Waals surface area contributed by atoms with E-state index in [4.69, 9.17) is 0 Å². The van der Waals surface area contributed by atoms with Crippen LogP contribution in [-0.4, -0.2) is 38.8 Å². The van der Waals surface area contributed by atoms with Crippen LogP contribution in [0.4, 0.5) is 0 Å². The molecule has 0 bridgehead atoms. The maximum atomic E-state index is 11.2. The van der Waals surface area contributed by atoms with Gasteiger partial charge >= 0.3 is 5.97 Å². The molecule has 5 nitrogen and oxygen atoms in total. The zero-order valence-corrected chi connectivity index (χ0v) is 12.5. The fourth-order valence-electron chi connectivity index (χ4n) is 2.43. The molecule has 0 aliphatic carbocycles. The van der Waals surface area contributed by atoms with Gasteiger partial charge in [0.15, 0.2) is 0 Å². The summed E-state index contributed by atoms with van der Waals surface area (Å²) in [6.07, 6.45) is 0.705. The molecule has 100 valence electrons. The van der Waals surface area contributed by atoms with Gasteiger partial charge in [0, 0.05) is 20.1 Å². The Hall–Kier alpha value is -0.880. The van der Waals surface area contributed by atoms with E-state index in [0.29, 0.717) is 13.0 Å². The van der Waals surface area contributed by atoms with Gasteiger partial charge in [-0.2, -0.15) is 5.10 Å². The Morgan fingerprint density at radius 1 is 1.61 bits per heavy atom. The van der Waals surface area contributed by atoms with Gasteiger partial charge in [0.25, 0.3) is 0 Å². The quantitative estimate of drug-likeness (QED) is 0.924. The van der Waals surface area contributed by atoms with Gasteiger partial charge in [0.2, 0.25) is 0 Å². The molecule has 1 atom stereocenters. The summed E-state index contributed by atoms with van der Waals surface area (Å²) in [5.74, 6) is -0.703. The van der Waals surface area contributed by atoms with Crippen LogP contribution in [-0.2, 0) is 18.4 Å². The fraction of sp³-hybridized carbons (Fsp3) is 0.667. The van der Waals surface area contributed by atoms with Crippen LogP contribution >= 0.6 is 15.9 Å². The highest BCUT2D eigenvalue weighted by atomic mass is 79.9. The first-order chi connectivity index (χ1) is 8.33. The Kier molecular flexibility index (Phi) is 3.51. The van der Waals surface area contributed by atoms with Crippen molar-refractivity contribution in [2.45, 2.75) is 26.8 Å². The van der Waals surface area contributed by atoms with Crippen LogP contribution in [0.2, 0.25) is 0 Å². The molecule has 0 aromatic carbocycles. The van der Waals surface area contributed by atoms with E-state index in [1.54, 1.807) is 0 Å². The van der Waals surface area contributed by atoms with Crippen molar-refractivity contribution in [1.82, 2.24) is 14.7 Å². The van der Waals surface area contributed by atoms with Crippen LogP contribution in [0.3, 0.4) is 0 Å². The van der Waals surface area contributed by atoms with Crippen LogP contribution in [0.1, 0.15) is 24.7 Å². The van der Waals surface area contributed by atoms with Crippen LogP contribution in [0.15, 0.2) is 4.47 Å². The highest BCUT2D eigenvalue weighted by Crippen LogP contribution is 2.32. The summed E-state index contributed by atoms with van der Waals surface area (Å²) in [4.78, 5) is 13.4. The number of carboxylic acid groups (broad SMARTS) is 1. The van der Waals surface area contributed by atoms with Gasteiger partial charge < -0.3 is 5.11 Å². The molecule has 1 aliphatic heterocycles. The van der Waals surface area contributed by atoms with E-state index in [0.717, 1.165) is 29.0 Å². The largest absolute Gasteiger partial charge is 0.481 e. The van der Waals surface area contributed by atoms with Gasteiger partial charge in [-0.1, -0.05) is 0 Å². The molecule has 0 radical (unpaired) electrons. The third-order valence-corrected chi connectivity index (χ3v) is 4.74. The molecule has 2 heterocycles. The maximum absolute atomic E-state index is 11.2. The minimum atomic E-state index is -0.703. The van der Waals surface area contributed by atoms with Crippen molar-refractivity contribution >= 4 is 21.9 Å². The Morgan fingerprint density at radius 2 is 2.28 bits per heavy atom. The number of aliphatic carboxylic acids is 1. The number of hydrogen-bond acceptors (Lipinski definition) is 3. The molecule has 1 fully saturated rings. The molecule has 0 saturated carbocycles. The molecule has 1 aromatic rings. The first-order valence-electron chi connectivity index (χ1n) is 5.97. The predicted molar refractivity (Wildman–Crippen MR) is 71.3 cm³/mol. The van der Waals surface area contributed by atoms with E-state index >= 15 is 0 Å². The first kappa shape index (κ1) is 13.5. The number of aryl methyl sites for hydroxylation is 2. The normalized spacial score (nSPS) is 24.7. The Bertz CT molecular complexity index is 486. The molecule has 0 spiro atoms. The second-order valence-corrected chi connectivity index (χ2v) is 6.09. The average molecular weight is 316 g/mol. The smallest absolute Gasteiger partial charge is 0.310 e. The van der Waals surface area contributed by atoms with Gasteiger partial charge in [-0.25, -0.2) is 0 Å². The number of halogens is 1. The minimum Gasteiger partial charge on any atom is -0.481 e. The van der Waals surface area contributed by atoms with E-state index in [9.17, 15) is 9.90 Å². The molecular weight excluding hydrogens is 298 g/mol. The maximum Gasteiger partial charge on any atom is 0.310 e. The lowest BCUT2D eigenvalue weighted by molar-refractivity contribution is -0.147. The summed E-state index contributed by atoms with van der Waals surface area (Å²) >= 11 is 3.54. The van der Waals surface area contributed by atoms with E-state index in [2.05, 4.69) is 25.9 Å². The van der Waals surface area contributed by atoms with Crippen LogP contribution in [0.25, 0.3) is 0 Å². The van der Waals surface area contributed by atoms with Crippen molar-refractivity contribution in [3.63, 3.8) is 0 Å². The third-order valence-electron chi connectivity index (χ3n) is 3.70. The summed E-state index contributed by atoms with van der Waals surface area (Å²) in [7, 11) is 1.92. The number of aromatic nitrogens is 2. The number of nitrogens with zero attached hydrogens (tertiary/aromatic N) is 3. The van der Waals surface area contributed by atoms with E-state index < -0.39 is 11.4 Å². The number of rotatable bonds is 3. The molecule has 0 amide bonds. The summed E-state index contributed by atoms with van der Waals surface area (Å²) in [6, 6.07) is 0. The molecule has 2 rings (SSSR count). The van der Waals surface area contributed by atoms with Gasteiger partial charge in [-0.05, 0) is 42.7 Å². The Labute approximate surface area is 115 Å². The molecule has 1 saturated heterocycles. The number of hydrogen-bond donors (Lipinski definition) is 1. The Morgan fingerprint density at radius 3 is 2.72 bits per heavy atom. The summed E-state index contributed by atoms with van der Waals surface area (Å²) < 4.78 is 2.88. The van der Waals surface area contributed by atoms with Gasteiger partial charge in [-0.15, -0.1) is 0 Å². The van der Waals surface area contributed by atoms with Crippen molar-refractivity contribution < 1.29 is 9.90 Å². The molecule has 6 heteroatoms. The van der Waals surface area contributed by atoms with Crippen LogP contribution in [0.5, 0.6) is 0 Å². The third kappa shape index (κ3) is 2.31. The lowest BCUT2D eigenvalue weighted by Gasteiger charge is -2.20. The SMILES string of the molecule is Cc1nn(C)c(CN2CCC(C)(C(=O)O)C2)c1Br. The van der Waals surface area contributed by atoms with Gasteiger partial charge in [0.1, 0.15) is 0 Å². The second-order valence-electron chi connectivity index (χ2n) is 5.30. The zero-order valence-electron chi connectivity index (χ0n) is 10.9. The number of carbonyl (C=O) groups is 1. The molecule has 1 N–H and O–H groups in total.